The Labute approximate surface area is 143 Å². The first-order valence-corrected chi connectivity index (χ1v) is 7.31. The van der Waals surface area contributed by atoms with Gasteiger partial charge >= 0.3 is 5.97 Å². The lowest BCUT2D eigenvalue weighted by Gasteiger charge is -2.26. The van der Waals surface area contributed by atoms with Gasteiger partial charge in [0.05, 0.1) is 18.9 Å². The normalized spacial score (nSPS) is 27.7. The van der Waals surface area contributed by atoms with Crippen LogP contribution in [-0.4, -0.2) is 82.7 Å². The van der Waals surface area contributed by atoms with Crippen molar-refractivity contribution in [1.82, 2.24) is 5.01 Å². The van der Waals surface area contributed by atoms with Gasteiger partial charge in [-0.2, -0.15) is 0 Å². The van der Waals surface area contributed by atoms with Crippen LogP contribution >= 0.6 is 0 Å². The van der Waals surface area contributed by atoms with Crippen LogP contribution in [0.25, 0.3) is 0 Å². The van der Waals surface area contributed by atoms with E-state index in [0.717, 1.165) is 0 Å². The van der Waals surface area contributed by atoms with Crippen LogP contribution in [0.3, 0.4) is 0 Å². The van der Waals surface area contributed by atoms with Gasteiger partial charge in [0.1, 0.15) is 29.7 Å². The highest BCUT2D eigenvalue weighted by Gasteiger charge is 2.46. The van der Waals surface area contributed by atoms with Crippen molar-refractivity contribution in [2.75, 3.05) is 20.3 Å². The monoisotopic (exact) mass is 361 g/mol. The predicted octanol–water partition coefficient (Wildman–Crippen LogP) is -4.11. The number of aliphatic hydroxyl groups is 3. The van der Waals surface area contributed by atoms with E-state index in [-0.39, 0.29) is 6.61 Å². The molecule has 0 aromatic heterocycles. The van der Waals surface area contributed by atoms with E-state index in [1.807, 2.05) is 0 Å². The molecular formula is C13H23N5O7. The summed E-state index contributed by atoms with van der Waals surface area (Å²) in [5.41, 5.74) is 9.76. The summed E-state index contributed by atoms with van der Waals surface area (Å²) in [7, 11) is 1.21. The molecule has 0 spiro atoms. The van der Waals surface area contributed by atoms with E-state index < -0.39 is 60.1 Å². The standard InChI is InChI=1S/C13H23N5O7/c1-3-24-13(23)7(15)6(14)8(17-2)11(22)18(16)12-10(21)9(20)5(4-19)25-12/h5,9-10,12,19-21H,3-4,14-16H2,1-2H3. The molecule has 1 rings (SSSR count). The Hall–Kier alpha value is -2.25. The molecule has 0 bridgehead atoms. The molecule has 12 heteroatoms. The fourth-order valence-corrected chi connectivity index (χ4v) is 2.13. The lowest BCUT2D eigenvalue weighted by molar-refractivity contribution is -0.146. The SMILES string of the molecule is CCOC(=O)C(N)=C(N)C(=NC)C(=O)N(N)C1OC(CO)C(O)C1O. The van der Waals surface area contributed by atoms with Crippen LogP contribution in [0.4, 0.5) is 0 Å². The molecule has 1 aliphatic heterocycles. The predicted molar refractivity (Wildman–Crippen MR) is 84.2 cm³/mol. The van der Waals surface area contributed by atoms with Crippen LogP contribution in [0.1, 0.15) is 6.92 Å². The zero-order valence-electron chi connectivity index (χ0n) is 13.8. The van der Waals surface area contributed by atoms with Crippen molar-refractivity contribution in [3.8, 4) is 0 Å². The molecule has 0 radical (unpaired) electrons. The molecule has 0 aromatic carbocycles. The van der Waals surface area contributed by atoms with Gasteiger partial charge in [-0.15, -0.1) is 0 Å². The molecule has 0 aromatic rings. The van der Waals surface area contributed by atoms with Crippen LogP contribution in [0, 0.1) is 0 Å². The van der Waals surface area contributed by atoms with E-state index in [4.69, 9.17) is 27.2 Å². The van der Waals surface area contributed by atoms with Crippen molar-refractivity contribution >= 4 is 17.6 Å². The molecule has 1 aliphatic rings. The topological polar surface area (TPSA) is 207 Å². The fraction of sp³-hybridized carbons (Fsp3) is 0.615. The first-order valence-electron chi connectivity index (χ1n) is 7.31. The second kappa shape index (κ2) is 8.73. The molecule has 12 nitrogen and oxygen atoms in total. The third kappa shape index (κ3) is 4.24. The van der Waals surface area contributed by atoms with Gasteiger partial charge in [0.2, 0.25) is 0 Å². The number of hydrogen-bond acceptors (Lipinski definition) is 11. The molecule has 1 fully saturated rings. The summed E-state index contributed by atoms with van der Waals surface area (Å²) in [6.07, 6.45) is -5.61. The zero-order chi connectivity index (χ0) is 19.3. The number of hydrazine groups is 1. The largest absolute Gasteiger partial charge is 0.461 e. The van der Waals surface area contributed by atoms with Crippen molar-refractivity contribution in [2.24, 2.45) is 22.3 Å². The first kappa shape index (κ1) is 20.8. The Kier molecular flexibility index (Phi) is 7.26. The minimum atomic E-state index is -1.57. The van der Waals surface area contributed by atoms with Crippen LogP contribution in [0.2, 0.25) is 0 Å². The number of esters is 1. The third-order valence-corrected chi connectivity index (χ3v) is 3.49. The number of amides is 1. The van der Waals surface area contributed by atoms with E-state index in [2.05, 4.69) is 9.73 Å². The molecule has 9 N–H and O–H groups in total. The van der Waals surface area contributed by atoms with Gasteiger partial charge in [-0.25, -0.2) is 15.6 Å². The number of rotatable bonds is 6. The second-order valence-electron chi connectivity index (χ2n) is 5.06. The van der Waals surface area contributed by atoms with E-state index in [1.54, 1.807) is 6.92 Å². The Bertz CT molecular complexity index is 579. The van der Waals surface area contributed by atoms with Crippen molar-refractivity contribution in [3.63, 3.8) is 0 Å². The van der Waals surface area contributed by atoms with Gasteiger partial charge < -0.3 is 36.3 Å². The minimum Gasteiger partial charge on any atom is -0.461 e. The van der Waals surface area contributed by atoms with Crippen molar-refractivity contribution in [1.29, 1.82) is 0 Å². The van der Waals surface area contributed by atoms with Crippen LogP contribution < -0.4 is 17.3 Å². The highest BCUT2D eigenvalue weighted by molar-refractivity contribution is 6.45. The van der Waals surface area contributed by atoms with Gasteiger partial charge in [-0.1, -0.05) is 0 Å². The van der Waals surface area contributed by atoms with Crippen molar-refractivity contribution in [3.05, 3.63) is 11.4 Å². The number of aliphatic hydroxyl groups excluding tert-OH is 3. The van der Waals surface area contributed by atoms with E-state index in [0.29, 0.717) is 5.01 Å². The first-order chi connectivity index (χ1) is 11.7. The lowest BCUT2D eigenvalue weighted by atomic mass is 10.1. The number of hydrogen-bond donors (Lipinski definition) is 6. The Morgan fingerprint density at radius 3 is 2.28 bits per heavy atom. The average molecular weight is 361 g/mol. The van der Waals surface area contributed by atoms with Crippen LogP contribution in [0.15, 0.2) is 16.4 Å². The number of nitrogens with two attached hydrogens (primary N) is 3. The van der Waals surface area contributed by atoms with Crippen molar-refractivity contribution < 1.29 is 34.4 Å². The summed E-state index contributed by atoms with van der Waals surface area (Å²) in [4.78, 5) is 27.7. The summed E-state index contributed by atoms with van der Waals surface area (Å²) in [5, 5.41) is 29.1. The van der Waals surface area contributed by atoms with E-state index in [9.17, 15) is 19.8 Å². The van der Waals surface area contributed by atoms with Gasteiger partial charge in [0.25, 0.3) is 5.91 Å². The third-order valence-electron chi connectivity index (χ3n) is 3.49. The molecule has 1 saturated heterocycles. The quantitative estimate of drug-likeness (QED) is 0.0672. The molecule has 4 atom stereocenters. The van der Waals surface area contributed by atoms with Crippen LogP contribution in [-0.2, 0) is 19.1 Å². The van der Waals surface area contributed by atoms with Crippen molar-refractivity contribution in [2.45, 2.75) is 31.5 Å². The maximum atomic E-state index is 12.4. The van der Waals surface area contributed by atoms with Gasteiger partial charge in [-0.3, -0.25) is 9.79 Å². The zero-order valence-corrected chi connectivity index (χ0v) is 13.8. The maximum absolute atomic E-state index is 12.4. The smallest absolute Gasteiger partial charge is 0.356 e. The number of nitrogens with zero attached hydrogens (tertiary/aromatic N) is 2. The summed E-state index contributed by atoms with van der Waals surface area (Å²) in [6, 6.07) is 0. The number of carbonyl (C=O) groups is 2. The summed E-state index contributed by atoms with van der Waals surface area (Å²) >= 11 is 0. The number of carbonyl (C=O) groups excluding carboxylic acids is 2. The summed E-state index contributed by atoms with van der Waals surface area (Å²) in [6.45, 7) is 1.01. The van der Waals surface area contributed by atoms with E-state index >= 15 is 0 Å². The highest BCUT2D eigenvalue weighted by atomic mass is 16.6. The Morgan fingerprint density at radius 1 is 1.24 bits per heavy atom. The van der Waals surface area contributed by atoms with E-state index in [1.165, 1.54) is 7.05 Å². The number of aliphatic imine (C=N–C) groups is 1. The lowest BCUT2D eigenvalue weighted by Crippen LogP contribution is -2.54. The molecule has 25 heavy (non-hydrogen) atoms. The molecule has 4 unspecified atom stereocenters. The fourth-order valence-electron chi connectivity index (χ4n) is 2.13. The summed E-state index contributed by atoms with van der Waals surface area (Å²) < 4.78 is 9.82. The molecule has 1 amide bonds. The Morgan fingerprint density at radius 2 is 1.84 bits per heavy atom. The highest BCUT2D eigenvalue weighted by Crippen LogP contribution is 2.22. The second-order valence-corrected chi connectivity index (χ2v) is 5.06. The molecule has 0 saturated carbocycles. The molecular weight excluding hydrogens is 338 g/mol. The average Bonchev–Trinajstić information content (AvgIpc) is 2.88. The minimum absolute atomic E-state index is 0.0465. The van der Waals surface area contributed by atoms with Crippen LogP contribution in [0.5, 0.6) is 0 Å². The number of ether oxygens (including phenoxy) is 2. The molecule has 1 heterocycles. The Balaban J connectivity index is 3.03. The van der Waals surface area contributed by atoms with Gasteiger partial charge in [-0.05, 0) is 6.92 Å². The molecule has 142 valence electrons. The maximum Gasteiger partial charge on any atom is 0.356 e. The molecule has 0 aliphatic carbocycles. The van der Waals surface area contributed by atoms with Gasteiger partial charge in [0.15, 0.2) is 6.23 Å². The van der Waals surface area contributed by atoms with Gasteiger partial charge in [0, 0.05) is 7.05 Å². The summed E-state index contributed by atoms with van der Waals surface area (Å²) in [5.74, 6) is 3.67.